The zero-order valence-electron chi connectivity index (χ0n) is 22.7. The number of carbonyl (C=O) groups is 1. The van der Waals surface area contributed by atoms with Crippen LogP contribution >= 0.6 is 0 Å². The van der Waals surface area contributed by atoms with Crippen LogP contribution in [0.1, 0.15) is 82.2 Å². The number of nitrogens with zero attached hydrogens (tertiary/aromatic N) is 5. The van der Waals surface area contributed by atoms with Gasteiger partial charge in [0.2, 0.25) is 0 Å². The summed E-state index contributed by atoms with van der Waals surface area (Å²) >= 11 is 0. The van der Waals surface area contributed by atoms with Crippen LogP contribution in [-0.2, 0) is 11.2 Å². The zero-order chi connectivity index (χ0) is 26.2. The number of hydrogen-bond donors (Lipinski definition) is 0. The van der Waals surface area contributed by atoms with E-state index in [1.807, 2.05) is 19.2 Å². The van der Waals surface area contributed by atoms with Crippen LogP contribution in [0.5, 0.6) is 0 Å². The monoisotopic (exact) mass is 511 g/mol. The Hall–Kier alpha value is -3.16. The summed E-state index contributed by atoms with van der Waals surface area (Å²) in [5, 5.41) is 4.51. The molecule has 4 heterocycles. The molecule has 2 fully saturated rings. The number of morpholine rings is 1. The van der Waals surface area contributed by atoms with E-state index in [0.717, 1.165) is 79.6 Å². The first-order chi connectivity index (χ1) is 18.5. The molecule has 3 aliphatic rings. The molecule has 0 aromatic carbocycles. The summed E-state index contributed by atoms with van der Waals surface area (Å²) in [5.41, 5.74) is 8.33. The number of ether oxygens (including phenoxy) is 1. The molecule has 2 aliphatic carbocycles. The molecule has 1 unspecified atom stereocenters. The van der Waals surface area contributed by atoms with Crippen LogP contribution in [-0.4, -0.2) is 62.8 Å². The SMILES string of the molecule is Cc1cc(CC(=O)c2cnn(-c3ccc(C4CC4)c(C)n3)c2C)cnc1C1=CCC(N2CCOCC2)CC1. The summed E-state index contributed by atoms with van der Waals surface area (Å²) in [4.78, 5) is 25.4. The fourth-order valence-electron chi connectivity index (χ4n) is 6.07. The number of Topliss-reactive ketones (excluding diaryl/α,β-unsaturated/α-hetero) is 1. The average molecular weight is 512 g/mol. The van der Waals surface area contributed by atoms with Crippen LogP contribution in [0, 0.1) is 20.8 Å². The molecule has 0 N–H and O–H groups in total. The largest absolute Gasteiger partial charge is 0.379 e. The van der Waals surface area contributed by atoms with Crippen molar-refractivity contribution in [3.8, 4) is 5.82 Å². The van der Waals surface area contributed by atoms with E-state index in [0.29, 0.717) is 23.9 Å². The third-order valence-electron chi connectivity index (χ3n) is 8.41. The number of aromatic nitrogens is 4. The molecule has 1 aliphatic heterocycles. The average Bonchev–Trinajstić information content (AvgIpc) is 3.70. The Kier molecular flexibility index (Phi) is 6.97. The van der Waals surface area contributed by atoms with Gasteiger partial charge in [0.1, 0.15) is 0 Å². The van der Waals surface area contributed by atoms with E-state index in [-0.39, 0.29) is 5.78 Å². The predicted octanol–water partition coefficient (Wildman–Crippen LogP) is 5.16. The molecule has 0 bridgehead atoms. The highest BCUT2D eigenvalue weighted by Gasteiger charge is 2.27. The number of carbonyl (C=O) groups excluding carboxylic acids is 1. The Balaban J connectivity index is 1.13. The van der Waals surface area contributed by atoms with Gasteiger partial charge in [0, 0.05) is 37.4 Å². The van der Waals surface area contributed by atoms with Gasteiger partial charge in [-0.3, -0.25) is 14.7 Å². The summed E-state index contributed by atoms with van der Waals surface area (Å²) in [5.74, 6) is 1.48. The van der Waals surface area contributed by atoms with Crippen molar-refractivity contribution in [2.45, 2.75) is 71.3 Å². The lowest BCUT2D eigenvalue weighted by molar-refractivity contribution is 0.0150. The minimum Gasteiger partial charge on any atom is -0.379 e. The molecule has 38 heavy (non-hydrogen) atoms. The second-order valence-electron chi connectivity index (χ2n) is 11.1. The summed E-state index contributed by atoms with van der Waals surface area (Å²) in [6.07, 6.45) is 12.0. The Labute approximate surface area is 224 Å². The number of pyridine rings is 2. The quantitative estimate of drug-likeness (QED) is 0.408. The molecule has 1 atom stereocenters. The lowest BCUT2D eigenvalue weighted by atomic mass is 9.90. The van der Waals surface area contributed by atoms with Gasteiger partial charge in [-0.25, -0.2) is 9.67 Å². The zero-order valence-corrected chi connectivity index (χ0v) is 22.7. The standard InChI is InChI=1S/C31H37N5O2/c1-20-16-23(18-32-31(20)25-6-8-26(9-7-25)35-12-14-38-15-13-35)17-29(37)28-19-33-36(22(28)3)30-11-10-27(21(2)34-30)24-4-5-24/h6,10-11,16,18-19,24,26H,4-5,7-9,12-15,17H2,1-3H3. The topological polar surface area (TPSA) is 73.1 Å². The summed E-state index contributed by atoms with van der Waals surface area (Å²) in [6, 6.07) is 6.91. The normalized spacial score (nSPS) is 20.4. The van der Waals surface area contributed by atoms with Crippen molar-refractivity contribution in [1.82, 2.24) is 24.6 Å². The highest BCUT2D eigenvalue weighted by atomic mass is 16.5. The highest BCUT2D eigenvalue weighted by Crippen LogP contribution is 2.41. The third-order valence-corrected chi connectivity index (χ3v) is 8.41. The molecular formula is C31H37N5O2. The fourth-order valence-corrected chi connectivity index (χ4v) is 6.07. The molecule has 0 amide bonds. The second kappa shape index (κ2) is 10.5. The van der Waals surface area contributed by atoms with E-state index in [2.05, 4.69) is 42.1 Å². The van der Waals surface area contributed by atoms with Gasteiger partial charge < -0.3 is 4.74 Å². The minimum absolute atomic E-state index is 0.0549. The van der Waals surface area contributed by atoms with Crippen molar-refractivity contribution < 1.29 is 9.53 Å². The van der Waals surface area contributed by atoms with Gasteiger partial charge >= 0.3 is 0 Å². The molecule has 1 saturated heterocycles. The van der Waals surface area contributed by atoms with Crippen molar-refractivity contribution in [3.05, 3.63) is 76.0 Å². The Morgan fingerprint density at radius 2 is 1.89 bits per heavy atom. The van der Waals surface area contributed by atoms with Crippen LogP contribution in [0.15, 0.2) is 36.7 Å². The fraction of sp³-hybridized carbons (Fsp3) is 0.484. The van der Waals surface area contributed by atoms with E-state index in [1.54, 1.807) is 10.9 Å². The molecule has 3 aromatic heterocycles. The lowest BCUT2D eigenvalue weighted by Crippen LogP contribution is -2.43. The molecule has 6 rings (SSSR count). The van der Waals surface area contributed by atoms with Crippen molar-refractivity contribution >= 4 is 11.4 Å². The van der Waals surface area contributed by atoms with Gasteiger partial charge in [0.05, 0.1) is 36.4 Å². The third kappa shape index (κ3) is 5.09. The minimum atomic E-state index is 0.0549. The molecule has 1 saturated carbocycles. The molecule has 7 nitrogen and oxygen atoms in total. The van der Waals surface area contributed by atoms with E-state index in [1.165, 1.54) is 24.0 Å². The van der Waals surface area contributed by atoms with E-state index >= 15 is 0 Å². The highest BCUT2D eigenvalue weighted by molar-refractivity contribution is 5.98. The summed E-state index contributed by atoms with van der Waals surface area (Å²) in [6.45, 7) is 9.87. The van der Waals surface area contributed by atoms with Gasteiger partial charge in [-0.05, 0) is 87.1 Å². The van der Waals surface area contributed by atoms with Crippen LogP contribution in [0.25, 0.3) is 11.4 Å². The maximum atomic E-state index is 13.3. The molecule has 3 aromatic rings. The van der Waals surface area contributed by atoms with Crippen molar-refractivity contribution in [2.24, 2.45) is 0 Å². The van der Waals surface area contributed by atoms with Crippen molar-refractivity contribution in [2.75, 3.05) is 26.3 Å². The molecule has 7 heteroatoms. The van der Waals surface area contributed by atoms with Crippen LogP contribution in [0.4, 0.5) is 0 Å². The number of rotatable bonds is 7. The summed E-state index contributed by atoms with van der Waals surface area (Å²) < 4.78 is 7.29. The van der Waals surface area contributed by atoms with Gasteiger partial charge in [0.15, 0.2) is 11.6 Å². The van der Waals surface area contributed by atoms with Crippen LogP contribution in [0.2, 0.25) is 0 Å². The lowest BCUT2D eigenvalue weighted by Gasteiger charge is -2.36. The number of hydrogen-bond acceptors (Lipinski definition) is 6. The molecule has 0 radical (unpaired) electrons. The first-order valence-electron chi connectivity index (χ1n) is 14.0. The number of allylic oxidation sites excluding steroid dienone is 1. The molecular weight excluding hydrogens is 474 g/mol. The van der Waals surface area contributed by atoms with Gasteiger partial charge in [-0.15, -0.1) is 0 Å². The van der Waals surface area contributed by atoms with Gasteiger partial charge in [-0.1, -0.05) is 18.2 Å². The second-order valence-corrected chi connectivity index (χ2v) is 11.1. The van der Waals surface area contributed by atoms with E-state index in [4.69, 9.17) is 14.7 Å². The molecule has 0 spiro atoms. The van der Waals surface area contributed by atoms with E-state index in [9.17, 15) is 4.79 Å². The summed E-state index contributed by atoms with van der Waals surface area (Å²) in [7, 11) is 0. The number of ketones is 1. The Morgan fingerprint density at radius 1 is 1.08 bits per heavy atom. The first kappa shape index (κ1) is 25.1. The maximum absolute atomic E-state index is 13.3. The first-order valence-corrected chi connectivity index (χ1v) is 14.0. The smallest absolute Gasteiger partial charge is 0.170 e. The van der Waals surface area contributed by atoms with Crippen LogP contribution < -0.4 is 0 Å². The van der Waals surface area contributed by atoms with Crippen LogP contribution in [0.3, 0.4) is 0 Å². The maximum Gasteiger partial charge on any atom is 0.170 e. The Morgan fingerprint density at radius 3 is 2.58 bits per heavy atom. The van der Waals surface area contributed by atoms with Crippen molar-refractivity contribution in [1.29, 1.82) is 0 Å². The van der Waals surface area contributed by atoms with Gasteiger partial charge in [-0.2, -0.15) is 5.10 Å². The Bertz CT molecular complexity index is 1380. The van der Waals surface area contributed by atoms with E-state index < -0.39 is 0 Å². The predicted molar refractivity (Wildman–Crippen MR) is 148 cm³/mol. The number of aryl methyl sites for hydroxylation is 2. The van der Waals surface area contributed by atoms with Gasteiger partial charge in [0.25, 0.3) is 0 Å². The van der Waals surface area contributed by atoms with Crippen molar-refractivity contribution in [3.63, 3.8) is 0 Å². The molecule has 198 valence electrons.